The summed E-state index contributed by atoms with van der Waals surface area (Å²) >= 11 is 3.38. The number of hydrogen-bond donors (Lipinski definition) is 0. The SMILES string of the molecule is CCN(CC)C(=O)C1=C(C)N=c2s/c(=C/c3ccc(I)o3)c(=O)n2[C@H]1c1c(OC)ccc2ccccc12. The zero-order valence-corrected chi connectivity index (χ0v) is 23.9. The number of nitrogens with zero attached hydrogens (tertiary/aromatic N) is 3. The molecule has 0 bridgehead atoms. The zero-order chi connectivity index (χ0) is 26.3. The molecule has 0 unspecified atom stereocenters. The summed E-state index contributed by atoms with van der Waals surface area (Å²) < 4.78 is 14.4. The lowest BCUT2D eigenvalue weighted by molar-refractivity contribution is -0.127. The summed E-state index contributed by atoms with van der Waals surface area (Å²) in [6, 6.07) is 14.8. The Hall–Kier alpha value is -3.18. The molecule has 0 saturated carbocycles. The number of rotatable bonds is 6. The lowest BCUT2D eigenvalue weighted by Crippen LogP contribution is -2.43. The first-order valence-electron chi connectivity index (χ1n) is 12.0. The molecule has 0 fully saturated rings. The minimum Gasteiger partial charge on any atom is -0.496 e. The van der Waals surface area contributed by atoms with Gasteiger partial charge < -0.3 is 14.1 Å². The quantitative estimate of drug-likeness (QED) is 0.296. The number of likely N-dealkylation sites (N-methyl/N-ethyl adjacent to an activating group) is 1. The van der Waals surface area contributed by atoms with E-state index in [1.807, 2.05) is 69.3 Å². The smallest absolute Gasteiger partial charge is 0.271 e. The lowest BCUT2D eigenvalue weighted by atomic mass is 9.90. The van der Waals surface area contributed by atoms with Crippen LogP contribution in [0.25, 0.3) is 16.8 Å². The van der Waals surface area contributed by atoms with E-state index in [-0.39, 0.29) is 11.5 Å². The number of carbonyl (C=O) groups excluding carboxylic acids is 1. The molecule has 0 saturated heterocycles. The Bertz CT molecular complexity index is 1730. The van der Waals surface area contributed by atoms with E-state index in [0.29, 0.717) is 45.2 Å². The standard InChI is InChI=1S/C28H26IN3O4S/c1-5-31(6-2)27(34)23-16(3)30-28-32(26(33)21(37-28)15-18-12-14-22(29)36-18)25(23)24-19-10-8-7-9-17(19)11-13-20(24)35-4/h7-15,25H,5-6H2,1-4H3/b21-15+/t25-/m1/s1. The second kappa shape index (κ2) is 10.3. The van der Waals surface area contributed by atoms with E-state index in [9.17, 15) is 9.59 Å². The predicted octanol–water partition coefficient (Wildman–Crippen LogP) is 4.46. The van der Waals surface area contributed by atoms with Crippen molar-refractivity contribution in [1.29, 1.82) is 0 Å². The first kappa shape index (κ1) is 25.5. The normalized spacial score (nSPS) is 15.6. The van der Waals surface area contributed by atoms with Crippen LogP contribution in [0, 0.1) is 3.77 Å². The van der Waals surface area contributed by atoms with Gasteiger partial charge in [-0.1, -0.05) is 41.7 Å². The number of fused-ring (bicyclic) bond motifs is 2. The molecule has 190 valence electrons. The van der Waals surface area contributed by atoms with E-state index in [1.54, 1.807) is 22.7 Å². The van der Waals surface area contributed by atoms with E-state index in [2.05, 4.69) is 22.6 Å². The van der Waals surface area contributed by atoms with Gasteiger partial charge in [0.25, 0.3) is 11.5 Å². The van der Waals surface area contributed by atoms with Gasteiger partial charge in [-0.15, -0.1) is 0 Å². The summed E-state index contributed by atoms with van der Waals surface area (Å²) in [4.78, 5) is 35.0. The number of methoxy groups -OCH3 is 1. The van der Waals surface area contributed by atoms with E-state index in [0.717, 1.165) is 20.1 Å². The topological polar surface area (TPSA) is 77.0 Å². The molecule has 3 heterocycles. The number of amides is 1. The fourth-order valence-corrected chi connectivity index (χ4v) is 6.28. The molecule has 0 radical (unpaired) electrons. The van der Waals surface area contributed by atoms with Gasteiger partial charge in [-0.2, -0.15) is 0 Å². The van der Waals surface area contributed by atoms with Gasteiger partial charge in [-0.05, 0) is 72.3 Å². The summed E-state index contributed by atoms with van der Waals surface area (Å²) in [5.41, 5.74) is 1.61. The highest BCUT2D eigenvalue weighted by molar-refractivity contribution is 14.1. The van der Waals surface area contributed by atoms with Crippen LogP contribution in [0.1, 0.15) is 38.1 Å². The number of benzene rings is 2. The monoisotopic (exact) mass is 627 g/mol. The van der Waals surface area contributed by atoms with Crippen molar-refractivity contribution < 1.29 is 13.9 Å². The van der Waals surface area contributed by atoms with Crippen LogP contribution < -0.4 is 19.6 Å². The second-order valence-electron chi connectivity index (χ2n) is 8.60. The maximum Gasteiger partial charge on any atom is 0.271 e. The maximum absolute atomic E-state index is 14.0. The molecule has 37 heavy (non-hydrogen) atoms. The lowest BCUT2D eigenvalue weighted by Gasteiger charge is -2.30. The molecular formula is C28H26IN3O4S. The van der Waals surface area contributed by atoms with Gasteiger partial charge in [0.05, 0.1) is 22.9 Å². The van der Waals surface area contributed by atoms with Gasteiger partial charge in [0.15, 0.2) is 8.57 Å². The van der Waals surface area contributed by atoms with Crippen LogP contribution in [0.4, 0.5) is 0 Å². The molecular weight excluding hydrogens is 601 g/mol. The van der Waals surface area contributed by atoms with Crippen LogP contribution in [0.15, 0.2) is 74.0 Å². The molecule has 1 atom stereocenters. The minimum atomic E-state index is -0.704. The molecule has 1 aliphatic heterocycles. The fourth-order valence-electron chi connectivity index (χ4n) is 4.82. The van der Waals surface area contributed by atoms with Crippen LogP contribution in [0.5, 0.6) is 5.75 Å². The Morgan fingerprint density at radius 1 is 1.19 bits per heavy atom. The highest BCUT2D eigenvalue weighted by atomic mass is 127. The molecule has 0 spiro atoms. The van der Waals surface area contributed by atoms with E-state index in [4.69, 9.17) is 14.1 Å². The molecule has 4 aromatic rings. The highest BCUT2D eigenvalue weighted by Gasteiger charge is 2.36. The molecule has 2 aromatic heterocycles. The number of hydrogen-bond acceptors (Lipinski definition) is 6. The van der Waals surface area contributed by atoms with Crippen molar-refractivity contribution in [3.8, 4) is 5.75 Å². The molecule has 0 aliphatic carbocycles. The van der Waals surface area contributed by atoms with Crippen LogP contribution >= 0.6 is 33.9 Å². The average molecular weight is 628 g/mol. The molecule has 9 heteroatoms. The Morgan fingerprint density at radius 2 is 1.95 bits per heavy atom. The number of ether oxygens (including phenoxy) is 1. The van der Waals surface area contributed by atoms with Gasteiger partial charge in [0.2, 0.25) is 0 Å². The van der Waals surface area contributed by atoms with Crippen LogP contribution in [0.2, 0.25) is 0 Å². The van der Waals surface area contributed by atoms with Gasteiger partial charge in [0.1, 0.15) is 17.6 Å². The number of furan rings is 1. The Kier molecular flexibility index (Phi) is 7.09. The van der Waals surface area contributed by atoms with Crippen molar-refractivity contribution in [3.05, 3.63) is 94.6 Å². The van der Waals surface area contributed by atoms with Crippen molar-refractivity contribution in [2.75, 3.05) is 20.2 Å². The summed E-state index contributed by atoms with van der Waals surface area (Å²) in [6.45, 7) is 6.84. The first-order chi connectivity index (χ1) is 17.9. The van der Waals surface area contributed by atoms with Crippen LogP contribution in [-0.4, -0.2) is 35.6 Å². The van der Waals surface area contributed by atoms with Crippen LogP contribution in [0.3, 0.4) is 0 Å². The second-order valence-corrected chi connectivity index (χ2v) is 10.7. The molecule has 2 aromatic carbocycles. The minimum absolute atomic E-state index is 0.138. The summed E-state index contributed by atoms with van der Waals surface area (Å²) in [5, 5.41) is 1.91. The number of aromatic nitrogens is 1. The maximum atomic E-state index is 14.0. The van der Waals surface area contributed by atoms with E-state index < -0.39 is 6.04 Å². The fraction of sp³-hybridized carbons (Fsp3) is 0.250. The van der Waals surface area contributed by atoms with Gasteiger partial charge in [-0.25, -0.2) is 4.99 Å². The van der Waals surface area contributed by atoms with Crippen molar-refractivity contribution in [2.45, 2.75) is 26.8 Å². The summed E-state index contributed by atoms with van der Waals surface area (Å²) in [6.07, 6.45) is 1.73. The highest BCUT2D eigenvalue weighted by Crippen LogP contribution is 2.40. The van der Waals surface area contributed by atoms with Crippen molar-refractivity contribution in [2.24, 2.45) is 4.99 Å². The number of carbonyl (C=O) groups is 1. The van der Waals surface area contributed by atoms with Crippen molar-refractivity contribution >= 4 is 56.7 Å². The van der Waals surface area contributed by atoms with Gasteiger partial charge >= 0.3 is 0 Å². The third-order valence-corrected chi connectivity index (χ3v) is 8.16. The number of thiazole rings is 1. The Balaban J connectivity index is 1.86. The van der Waals surface area contributed by atoms with Crippen LogP contribution in [-0.2, 0) is 4.79 Å². The molecule has 7 nitrogen and oxygen atoms in total. The van der Waals surface area contributed by atoms with Crippen molar-refractivity contribution in [1.82, 2.24) is 9.47 Å². The molecule has 1 aliphatic rings. The van der Waals surface area contributed by atoms with Gasteiger partial charge in [-0.3, -0.25) is 14.2 Å². The molecule has 5 rings (SSSR count). The molecule has 0 N–H and O–H groups in total. The average Bonchev–Trinajstić information content (AvgIpc) is 3.45. The Labute approximate surface area is 231 Å². The third-order valence-electron chi connectivity index (χ3n) is 6.59. The van der Waals surface area contributed by atoms with Crippen molar-refractivity contribution in [3.63, 3.8) is 0 Å². The first-order valence-corrected chi connectivity index (χ1v) is 13.9. The molecule has 1 amide bonds. The Morgan fingerprint density at radius 3 is 2.62 bits per heavy atom. The summed E-state index contributed by atoms with van der Waals surface area (Å²) in [7, 11) is 1.61. The largest absolute Gasteiger partial charge is 0.496 e. The number of halogens is 1. The van der Waals surface area contributed by atoms with Gasteiger partial charge in [0, 0.05) is 24.7 Å². The third kappa shape index (κ3) is 4.44. The zero-order valence-electron chi connectivity index (χ0n) is 20.9. The predicted molar refractivity (Wildman–Crippen MR) is 154 cm³/mol. The summed E-state index contributed by atoms with van der Waals surface area (Å²) in [5.74, 6) is 1.06. The van der Waals surface area contributed by atoms with E-state index in [1.165, 1.54) is 11.3 Å². The number of allylic oxidation sites excluding steroid dienone is 1. The van der Waals surface area contributed by atoms with E-state index >= 15 is 0 Å².